The molecule has 0 saturated carbocycles. The van der Waals surface area contributed by atoms with E-state index in [2.05, 4.69) is 46.3 Å². The molecule has 0 bridgehead atoms. The Morgan fingerprint density at radius 2 is 1.73 bits per heavy atom. The number of para-hydroxylation sites is 1. The number of likely N-dealkylation sites (tertiary alicyclic amines) is 1. The SMILES string of the molecule is CNC1CCCN(C(C)C(=O)N2CCN(c3ccccc3)CC2)C1.Cl.Cl. The molecule has 26 heavy (non-hydrogen) atoms. The van der Waals surface area contributed by atoms with E-state index < -0.39 is 0 Å². The molecule has 5 nitrogen and oxygen atoms in total. The predicted octanol–water partition coefficient (Wildman–Crippen LogP) is 2.25. The second-order valence-corrected chi connectivity index (χ2v) is 6.95. The first-order valence-electron chi connectivity index (χ1n) is 9.19. The van der Waals surface area contributed by atoms with Crippen molar-refractivity contribution < 1.29 is 4.79 Å². The van der Waals surface area contributed by atoms with Gasteiger partial charge in [0.2, 0.25) is 5.91 Å². The third-order valence-corrected chi connectivity index (χ3v) is 5.48. The van der Waals surface area contributed by atoms with Gasteiger partial charge in [0.05, 0.1) is 6.04 Å². The topological polar surface area (TPSA) is 38.8 Å². The van der Waals surface area contributed by atoms with Crippen LogP contribution in [0.2, 0.25) is 0 Å². The molecule has 2 atom stereocenters. The van der Waals surface area contributed by atoms with Crippen LogP contribution >= 0.6 is 24.8 Å². The fourth-order valence-electron chi connectivity index (χ4n) is 3.84. The summed E-state index contributed by atoms with van der Waals surface area (Å²) in [5.41, 5.74) is 1.26. The number of anilines is 1. The van der Waals surface area contributed by atoms with Crippen LogP contribution in [0.5, 0.6) is 0 Å². The average Bonchev–Trinajstić information content (AvgIpc) is 2.67. The largest absolute Gasteiger partial charge is 0.368 e. The molecule has 148 valence electrons. The first-order chi connectivity index (χ1) is 11.7. The number of piperidine rings is 1. The number of hydrogen-bond acceptors (Lipinski definition) is 4. The van der Waals surface area contributed by atoms with E-state index in [9.17, 15) is 4.79 Å². The van der Waals surface area contributed by atoms with Crippen LogP contribution in [-0.4, -0.2) is 74.1 Å². The fourth-order valence-corrected chi connectivity index (χ4v) is 3.84. The summed E-state index contributed by atoms with van der Waals surface area (Å²) in [6, 6.07) is 11.0. The predicted molar refractivity (Wildman–Crippen MR) is 113 cm³/mol. The summed E-state index contributed by atoms with van der Waals surface area (Å²) in [5, 5.41) is 3.36. The molecule has 1 aromatic carbocycles. The van der Waals surface area contributed by atoms with Gasteiger partial charge in [-0.3, -0.25) is 9.69 Å². The summed E-state index contributed by atoms with van der Waals surface area (Å²) in [5.74, 6) is 0.291. The van der Waals surface area contributed by atoms with Crippen LogP contribution in [0.15, 0.2) is 30.3 Å². The van der Waals surface area contributed by atoms with Crippen molar-refractivity contribution in [1.82, 2.24) is 15.1 Å². The van der Waals surface area contributed by atoms with Crippen LogP contribution in [-0.2, 0) is 4.79 Å². The highest BCUT2D eigenvalue weighted by Gasteiger charge is 2.31. The van der Waals surface area contributed by atoms with E-state index in [1.54, 1.807) is 0 Å². The Balaban J connectivity index is 0.00000169. The molecule has 1 amide bonds. The number of benzene rings is 1. The Morgan fingerprint density at radius 1 is 1.08 bits per heavy atom. The number of rotatable bonds is 4. The number of nitrogens with zero attached hydrogens (tertiary/aromatic N) is 3. The Morgan fingerprint density at radius 3 is 2.35 bits per heavy atom. The summed E-state index contributed by atoms with van der Waals surface area (Å²) in [4.78, 5) is 19.6. The molecule has 2 aliphatic rings. The smallest absolute Gasteiger partial charge is 0.239 e. The molecule has 0 radical (unpaired) electrons. The highest BCUT2D eigenvalue weighted by Crippen LogP contribution is 2.18. The minimum Gasteiger partial charge on any atom is -0.368 e. The maximum atomic E-state index is 12.9. The number of amides is 1. The molecule has 2 unspecified atom stereocenters. The summed E-state index contributed by atoms with van der Waals surface area (Å²) >= 11 is 0. The number of nitrogens with one attached hydrogen (secondary N) is 1. The Bertz CT molecular complexity index is 538. The lowest BCUT2D eigenvalue weighted by atomic mass is 10.0. The second-order valence-electron chi connectivity index (χ2n) is 6.95. The van der Waals surface area contributed by atoms with E-state index in [4.69, 9.17) is 0 Å². The lowest BCUT2D eigenvalue weighted by Gasteiger charge is -2.41. The van der Waals surface area contributed by atoms with Crippen molar-refractivity contribution >= 4 is 36.4 Å². The van der Waals surface area contributed by atoms with Crippen LogP contribution in [0.4, 0.5) is 5.69 Å². The molecule has 7 heteroatoms. The van der Waals surface area contributed by atoms with Gasteiger partial charge in [-0.15, -0.1) is 24.8 Å². The number of likely N-dealkylation sites (N-methyl/N-ethyl adjacent to an activating group) is 1. The standard InChI is InChI=1S/C19H30N4O.2ClH/c1-16(23-10-6-7-17(15-23)20-2)19(24)22-13-11-21(12-14-22)18-8-4-3-5-9-18;;/h3-5,8-9,16-17,20H,6-7,10-15H2,1-2H3;2*1H. The van der Waals surface area contributed by atoms with E-state index in [0.717, 1.165) is 39.3 Å². The van der Waals surface area contributed by atoms with Crippen molar-refractivity contribution in [2.24, 2.45) is 0 Å². The number of piperazine rings is 1. The van der Waals surface area contributed by atoms with Crippen LogP contribution in [0, 0.1) is 0 Å². The van der Waals surface area contributed by atoms with Gasteiger partial charge < -0.3 is 15.1 Å². The highest BCUT2D eigenvalue weighted by molar-refractivity contribution is 5.85. The molecule has 2 saturated heterocycles. The molecule has 0 spiro atoms. The fraction of sp³-hybridized carbons (Fsp3) is 0.632. The Kier molecular flexibility index (Phi) is 9.72. The van der Waals surface area contributed by atoms with E-state index >= 15 is 0 Å². The van der Waals surface area contributed by atoms with E-state index in [1.165, 1.54) is 18.5 Å². The lowest BCUT2D eigenvalue weighted by Crippen LogP contribution is -2.57. The van der Waals surface area contributed by atoms with Gasteiger partial charge in [-0.1, -0.05) is 18.2 Å². The normalized spacial score (nSPS) is 22.2. The monoisotopic (exact) mass is 402 g/mol. The van der Waals surface area contributed by atoms with Crippen LogP contribution in [0.3, 0.4) is 0 Å². The average molecular weight is 403 g/mol. The van der Waals surface area contributed by atoms with Gasteiger partial charge in [-0.05, 0) is 45.5 Å². The second kappa shape index (κ2) is 11.0. The van der Waals surface area contributed by atoms with Crippen LogP contribution in [0.25, 0.3) is 0 Å². The quantitative estimate of drug-likeness (QED) is 0.837. The van der Waals surface area contributed by atoms with Gasteiger partial charge in [0, 0.05) is 44.5 Å². The molecule has 2 fully saturated rings. The van der Waals surface area contributed by atoms with E-state index in [0.29, 0.717) is 11.9 Å². The minimum atomic E-state index is -0.00979. The summed E-state index contributed by atoms with van der Waals surface area (Å²) in [6.45, 7) is 7.57. The first-order valence-corrected chi connectivity index (χ1v) is 9.19. The third-order valence-electron chi connectivity index (χ3n) is 5.48. The number of carbonyl (C=O) groups excluding carboxylic acids is 1. The molecule has 2 aliphatic heterocycles. The van der Waals surface area contributed by atoms with Gasteiger partial charge in [-0.25, -0.2) is 0 Å². The number of halogens is 2. The molecule has 0 aromatic heterocycles. The zero-order valence-electron chi connectivity index (χ0n) is 15.8. The molecular formula is C19H32Cl2N4O. The zero-order chi connectivity index (χ0) is 16.9. The van der Waals surface area contributed by atoms with Gasteiger partial charge in [0.25, 0.3) is 0 Å². The molecule has 0 aliphatic carbocycles. The van der Waals surface area contributed by atoms with Crippen molar-refractivity contribution in [2.45, 2.75) is 31.8 Å². The molecule has 1 N–H and O–H groups in total. The molecule has 3 rings (SSSR count). The van der Waals surface area contributed by atoms with Crippen molar-refractivity contribution in [3.63, 3.8) is 0 Å². The lowest BCUT2D eigenvalue weighted by molar-refractivity contribution is -0.137. The zero-order valence-corrected chi connectivity index (χ0v) is 17.4. The van der Waals surface area contributed by atoms with Crippen molar-refractivity contribution in [3.8, 4) is 0 Å². The van der Waals surface area contributed by atoms with Gasteiger partial charge in [0.1, 0.15) is 0 Å². The summed E-state index contributed by atoms with van der Waals surface area (Å²) in [7, 11) is 2.02. The molecule has 1 aromatic rings. The molecular weight excluding hydrogens is 371 g/mol. The van der Waals surface area contributed by atoms with Crippen molar-refractivity contribution in [3.05, 3.63) is 30.3 Å². The first kappa shape index (κ1) is 23.0. The highest BCUT2D eigenvalue weighted by atomic mass is 35.5. The number of carbonyl (C=O) groups is 1. The van der Waals surface area contributed by atoms with Crippen molar-refractivity contribution in [2.75, 3.05) is 51.2 Å². The van der Waals surface area contributed by atoms with Gasteiger partial charge in [-0.2, -0.15) is 0 Å². The van der Waals surface area contributed by atoms with Crippen LogP contribution in [0.1, 0.15) is 19.8 Å². The summed E-state index contributed by atoms with van der Waals surface area (Å²) in [6.07, 6.45) is 2.38. The minimum absolute atomic E-state index is 0. The summed E-state index contributed by atoms with van der Waals surface area (Å²) < 4.78 is 0. The Labute approximate surface area is 169 Å². The van der Waals surface area contributed by atoms with E-state index in [-0.39, 0.29) is 30.9 Å². The number of hydrogen-bond donors (Lipinski definition) is 1. The molecule has 2 heterocycles. The van der Waals surface area contributed by atoms with Crippen LogP contribution < -0.4 is 10.2 Å². The van der Waals surface area contributed by atoms with Gasteiger partial charge >= 0.3 is 0 Å². The van der Waals surface area contributed by atoms with Crippen molar-refractivity contribution in [1.29, 1.82) is 0 Å². The van der Waals surface area contributed by atoms with E-state index in [1.807, 2.05) is 18.0 Å². The third kappa shape index (κ3) is 5.49. The van der Waals surface area contributed by atoms with Gasteiger partial charge in [0.15, 0.2) is 0 Å². The Hall–Kier alpha value is -1.01. The maximum absolute atomic E-state index is 12.9. The maximum Gasteiger partial charge on any atom is 0.239 e.